The van der Waals surface area contributed by atoms with Crippen LogP contribution in [0.1, 0.15) is 44.0 Å². The van der Waals surface area contributed by atoms with Gasteiger partial charge in [0.05, 0.1) is 12.0 Å². The van der Waals surface area contributed by atoms with Gasteiger partial charge in [-0.3, -0.25) is 14.5 Å². The summed E-state index contributed by atoms with van der Waals surface area (Å²) in [5.41, 5.74) is 1.54. The van der Waals surface area contributed by atoms with E-state index in [-0.39, 0.29) is 42.0 Å². The van der Waals surface area contributed by atoms with Gasteiger partial charge in [0.15, 0.2) is 0 Å². The number of aliphatic hydroxyl groups is 1. The molecule has 4 heterocycles. The van der Waals surface area contributed by atoms with Crippen molar-refractivity contribution in [1.29, 1.82) is 0 Å². The van der Waals surface area contributed by atoms with Crippen LogP contribution < -0.4 is 10.9 Å². The average Bonchev–Trinajstić information content (AvgIpc) is 2.95. The van der Waals surface area contributed by atoms with Gasteiger partial charge in [0.1, 0.15) is 0 Å². The Labute approximate surface area is 177 Å². The number of hydrogen-bond acceptors (Lipinski definition) is 5. The average molecular weight is 416 g/mol. The predicted molar refractivity (Wildman–Crippen MR) is 115 cm³/mol. The van der Waals surface area contributed by atoms with Crippen LogP contribution in [0.15, 0.2) is 23.0 Å². The third kappa shape index (κ3) is 3.63. The van der Waals surface area contributed by atoms with Gasteiger partial charge in [-0.2, -0.15) is 0 Å². The van der Waals surface area contributed by atoms with Crippen LogP contribution in [0.5, 0.6) is 0 Å². The smallest absolute Gasteiger partial charge is 0.258 e. The van der Waals surface area contributed by atoms with E-state index in [1.165, 1.54) is 0 Å². The van der Waals surface area contributed by atoms with Crippen molar-refractivity contribution >= 4 is 12.0 Å². The lowest BCUT2D eigenvalue weighted by molar-refractivity contribution is -0.127. The van der Waals surface area contributed by atoms with E-state index in [2.05, 4.69) is 10.2 Å². The molecule has 2 bridgehead atoms. The Bertz CT molecular complexity index is 858. The molecule has 4 atom stereocenters. The highest BCUT2D eigenvalue weighted by Crippen LogP contribution is 2.48. The van der Waals surface area contributed by atoms with Gasteiger partial charge in [-0.1, -0.05) is 12.2 Å². The van der Waals surface area contributed by atoms with Crippen LogP contribution in [0, 0.1) is 17.8 Å². The minimum absolute atomic E-state index is 0.0143. The van der Waals surface area contributed by atoms with Gasteiger partial charge < -0.3 is 19.7 Å². The third-order valence-corrected chi connectivity index (χ3v) is 7.01. The van der Waals surface area contributed by atoms with E-state index in [4.69, 9.17) is 4.74 Å². The molecule has 4 rings (SSSR count). The van der Waals surface area contributed by atoms with Gasteiger partial charge in [-0.25, -0.2) is 0 Å². The van der Waals surface area contributed by atoms with Crippen molar-refractivity contribution in [1.82, 2.24) is 14.8 Å². The molecule has 0 saturated carbocycles. The van der Waals surface area contributed by atoms with E-state index in [1.54, 1.807) is 0 Å². The predicted octanol–water partition coefficient (Wildman–Crippen LogP) is 1.41. The van der Waals surface area contributed by atoms with Crippen molar-refractivity contribution in [3.8, 4) is 0 Å². The van der Waals surface area contributed by atoms with Crippen LogP contribution in [0.4, 0.5) is 0 Å². The lowest BCUT2D eigenvalue weighted by Crippen LogP contribution is -2.48. The summed E-state index contributed by atoms with van der Waals surface area (Å²) in [5.74, 6) is -0.0672. The summed E-state index contributed by atoms with van der Waals surface area (Å²) in [6, 6.07) is 3.65. The number of hydrogen-bond donors (Lipinski definition) is 2. The van der Waals surface area contributed by atoms with Gasteiger partial charge in [0.25, 0.3) is 5.56 Å². The first-order chi connectivity index (χ1) is 14.6. The molecule has 7 nitrogen and oxygen atoms in total. The summed E-state index contributed by atoms with van der Waals surface area (Å²) >= 11 is 0. The van der Waals surface area contributed by atoms with E-state index in [9.17, 15) is 14.7 Å². The fourth-order valence-corrected chi connectivity index (χ4v) is 5.62. The Morgan fingerprint density at radius 2 is 2.10 bits per heavy atom. The van der Waals surface area contributed by atoms with E-state index in [0.717, 1.165) is 38.3 Å². The standard InChI is InChI=1S/C23H33N3O4/c1-3-5-16-6-7-18-21-20(22(28)24-4-2)17(14-27)19(13-26(18)23(16)29)25(21)12-15-8-10-30-11-9-15/h3,5-7,15,17,19-21,27H,4,8-14H2,1-2H3,(H,24,28)/b5-3-/t17-,19-,20+,21+/m1/s1. The van der Waals surface area contributed by atoms with Crippen LogP contribution in [0.2, 0.25) is 0 Å². The molecule has 0 aliphatic carbocycles. The van der Waals surface area contributed by atoms with Crippen molar-refractivity contribution in [3.63, 3.8) is 0 Å². The van der Waals surface area contributed by atoms with E-state index in [0.29, 0.717) is 24.6 Å². The number of fused-ring (bicyclic) bond motifs is 4. The molecule has 1 amide bonds. The molecule has 0 radical (unpaired) electrons. The van der Waals surface area contributed by atoms with Crippen molar-refractivity contribution in [3.05, 3.63) is 39.8 Å². The molecule has 2 saturated heterocycles. The number of rotatable bonds is 6. The molecule has 0 spiro atoms. The highest BCUT2D eigenvalue weighted by Gasteiger charge is 2.55. The van der Waals surface area contributed by atoms with E-state index in [1.807, 2.05) is 42.7 Å². The molecule has 0 aromatic carbocycles. The first-order valence-electron chi connectivity index (χ1n) is 11.2. The SMILES string of the molecule is C/C=C\c1ccc2n(c1=O)C[C@@H]1[C@@H](CO)[C@H](C(=O)NCC)[C@H]2N1CC1CCOCC1. The molecule has 1 aromatic heterocycles. The highest BCUT2D eigenvalue weighted by molar-refractivity contribution is 5.80. The lowest BCUT2D eigenvalue weighted by atomic mass is 9.86. The summed E-state index contributed by atoms with van der Waals surface area (Å²) in [5, 5.41) is 13.3. The third-order valence-electron chi connectivity index (χ3n) is 7.01. The summed E-state index contributed by atoms with van der Waals surface area (Å²) < 4.78 is 7.37. The van der Waals surface area contributed by atoms with E-state index < -0.39 is 0 Å². The maximum atomic E-state index is 13.1. The van der Waals surface area contributed by atoms with E-state index >= 15 is 0 Å². The molecule has 3 aliphatic heterocycles. The Morgan fingerprint density at radius 1 is 1.33 bits per heavy atom. The molecule has 7 heteroatoms. The minimum atomic E-state index is -0.361. The lowest BCUT2D eigenvalue weighted by Gasteiger charge is -2.40. The summed E-state index contributed by atoms with van der Waals surface area (Å²) in [6.45, 7) is 7.25. The maximum Gasteiger partial charge on any atom is 0.258 e. The molecule has 3 aliphatic rings. The Hall–Kier alpha value is -1.96. The Kier molecular flexibility index (Phi) is 6.41. The van der Waals surface area contributed by atoms with Gasteiger partial charge in [-0.15, -0.1) is 0 Å². The molecule has 0 unspecified atom stereocenters. The van der Waals surface area contributed by atoms with Gasteiger partial charge in [-0.05, 0) is 44.7 Å². The van der Waals surface area contributed by atoms with Gasteiger partial charge in [0, 0.05) is 62.7 Å². The van der Waals surface area contributed by atoms with Crippen molar-refractivity contribution in [2.45, 2.75) is 45.3 Å². The second-order valence-corrected chi connectivity index (χ2v) is 8.66. The molecular weight excluding hydrogens is 382 g/mol. The summed E-state index contributed by atoms with van der Waals surface area (Å²) in [7, 11) is 0. The summed E-state index contributed by atoms with van der Waals surface area (Å²) in [4.78, 5) is 28.6. The number of carbonyl (C=O) groups is 1. The Morgan fingerprint density at radius 3 is 2.77 bits per heavy atom. The largest absolute Gasteiger partial charge is 0.396 e. The van der Waals surface area contributed by atoms with Crippen molar-refractivity contribution in [2.24, 2.45) is 17.8 Å². The number of pyridine rings is 1. The van der Waals surface area contributed by atoms with Crippen LogP contribution >= 0.6 is 0 Å². The molecule has 2 fully saturated rings. The van der Waals surface area contributed by atoms with Crippen LogP contribution in [-0.4, -0.2) is 59.4 Å². The normalized spacial score (nSPS) is 29.3. The zero-order valence-corrected chi connectivity index (χ0v) is 17.9. The second kappa shape index (κ2) is 9.04. The maximum absolute atomic E-state index is 13.1. The zero-order chi connectivity index (χ0) is 21.3. The number of carbonyl (C=O) groups excluding carboxylic acids is 1. The first-order valence-corrected chi connectivity index (χ1v) is 11.2. The first kappa shape index (κ1) is 21.3. The number of aliphatic hydroxyl groups excluding tert-OH is 1. The van der Waals surface area contributed by atoms with Crippen LogP contribution in [0.3, 0.4) is 0 Å². The van der Waals surface area contributed by atoms with Crippen molar-refractivity contribution in [2.75, 3.05) is 32.9 Å². The van der Waals surface area contributed by atoms with Gasteiger partial charge in [0.2, 0.25) is 5.91 Å². The monoisotopic (exact) mass is 415 g/mol. The minimum Gasteiger partial charge on any atom is -0.396 e. The zero-order valence-electron chi connectivity index (χ0n) is 17.9. The van der Waals surface area contributed by atoms with Crippen LogP contribution in [-0.2, 0) is 16.1 Å². The Balaban J connectivity index is 1.77. The van der Waals surface area contributed by atoms with Gasteiger partial charge >= 0.3 is 0 Å². The van der Waals surface area contributed by atoms with Crippen LogP contribution in [0.25, 0.3) is 6.08 Å². The molecule has 1 aromatic rings. The number of amides is 1. The highest BCUT2D eigenvalue weighted by atomic mass is 16.5. The summed E-state index contributed by atoms with van der Waals surface area (Å²) in [6.07, 6.45) is 5.72. The number of aromatic nitrogens is 1. The number of ether oxygens (including phenoxy) is 1. The fourth-order valence-electron chi connectivity index (χ4n) is 5.62. The topological polar surface area (TPSA) is 83.8 Å². The quantitative estimate of drug-likeness (QED) is 0.734. The molecular formula is C23H33N3O4. The number of allylic oxidation sites excluding steroid dienone is 1. The van der Waals surface area contributed by atoms with Crippen molar-refractivity contribution < 1.29 is 14.6 Å². The molecule has 30 heavy (non-hydrogen) atoms. The second-order valence-electron chi connectivity index (χ2n) is 8.66. The number of nitrogens with zero attached hydrogens (tertiary/aromatic N) is 2. The number of nitrogens with one attached hydrogen (secondary N) is 1. The molecule has 164 valence electrons. The molecule has 2 N–H and O–H groups in total. The fraction of sp³-hybridized carbons (Fsp3) is 0.652.